The molecule has 0 aliphatic rings. The van der Waals surface area contributed by atoms with Crippen molar-refractivity contribution in [2.75, 3.05) is 11.9 Å². The predicted octanol–water partition coefficient (Wildman–Crippen LogP) is 4.56. The topological polar surface area (TPSA) is 37.8 Å². The zero-order chi connectivity index (χ0) is 13.1. The van der Waals surface area contributed by atoms with E-state index in [1.165, 1.54) is 23.3 Å². The van der Waals surface area contributed by atoms with Crippen molar-refractivity contribution >= 4 is 39.1 Å². The third kappa shape index (κ3) is 2.75. The van der Waals surface area contributed by atoms with Crippen molar-refractivity contribution in [3.05, 3.63) is 15.6 Å². The molecule has 0 saturated carbocycles. The van der Waals surface area contributed by atoms with Crippen LogP contribution in [0.3, 0.4) is 0 Å². The van der Waals surface area contributed by atoms with Crippen molar-refractivity contribution in [3.63, 3.8) is 0 Å². The van der Waals surface area contributed by atoms with Gasteiger partial charge in [0.15, 0.2) is 0 Å². The first-order valence-electron chi connectivity index (χ1n) is 6.30. The second kappa shape index (κ2) is 5.85. The molecule has 0 atom stereocenters. The molecule has 0 saturated heterocycles. The van der Waals surface area contributed by atoms with Gasteiger partial charge in [0.25, 0.3) is 0 Å². The van der Waals surface area contributed by atoms with Crippen LogP contribution in [0.15, 0.2) is 0 Å². The highest BCUT2D eigenvalue weighted by Crippen LogP contribution is 2.33. The van der Waals surface area contributed by atoms with E-state index in [1.54, 1.807) is 11.3 Å². The molecule has 5 heteroatoms. The van der Waals surface area contributed by atoms with Gasteiger partial charge >= 0.3 is 0 Å². The molecule has 0 radical (unpaired) electrons. The van der Waals surface area contributed by atoms with E-state index in [4.69, 9.17) is 11.6 Å². The van der Waals surface area contributed by atoms with Crippen molar-refractivity contribution in [2.24, 2.45) is 0 Å². The molecule has 0 amide bonds. The number of fused-ring (bicyclic) bond motifs is 1. The molecule has 2 aromatic rings. The molecule has 0 bridgehead atoms. The summed E-state index contributed by atoms with van der Waals surface area (Å²) in [4.78, 5) is 11.1. The molecule has 98 valence electrons. The van der Waals surface area contributed by atoms with Gasteiger partial charge in [-0.1, -0.05) is 31.4 Å². The fourth-order valence-corrected chi connectivity index (χ4v) is 3.25. The van der Waals surface area contributed by atoms with Gasteiger partial charge in [-0.05, 0) is 25.8 Å². The molecular weight excluding hydrogens is 266 g/mol. The molecule has 3 nitrogen and oxygen atoms in total. The Morgan fingerprint density at radius 1 is 1.22 bits per heavy atom. The van der Waals surface area contributed by atoms with Crippen LogP contribution in [-0.2, 0) is 0 Å². The van der Waals surface area contributed by atoms with E-state index in [2.05, 4.69) is 36.1 Å². The number of hydrogen-bond acceptors (Lipinski definition) is 4. The Morgan fingerprint density at radius 3 is 2.72 bits per heavy atom. The summed E-state index contributed by atoms with van der Waals surface area (Å²) in [5.41, 5.74) is 1.19. The zero-order valence-electron chi connectivity index (χ0n) is 11.0. The maximum absolute atomic E-state index is 6.24. The summed E-state index contributed by atoms with van der Waals surface area (Å²) in [7, 11) is 0. The molecule has 0 aromatic carbocycles. The van der Waals surface area contributed by atoms with Gasteiger partial charge in [-0.25, -0.2) is 9.97 Å². The van der Waals surface area contributed by atoms with Crippen LogP contribution in [0.25, 0.3) is 10.2 Å². The Balaban J connectivity index is 2.21. The average molecular weight is 284 g/mol. The van der Waals surface area contributed by atoms with E-state index in [0.717, 1.165) is 23.2 Å². The maximum atomic E-state index is 6.24. The standard InChI is InChI=1S/C13H18ClN3S/c1-4-5-6-7-15-13-16-11(14)10-8(2)9(3)18-12(10)17-13/h4-7H2,1-3H3,(H,15,16,17). The monoisotopic (exact) mass is 283 g/mol. The smallest absolute Gasteiger partial charge is 0.225 e. The van der Waals surface area contributed by atoms with Crippen LogP contribution in [-0.4, -0.2) is 16.5 Å². The summed E-state index contributed by atoms with van der Waals surface area (Å²) in [5, 5.41) is 4.79. The van der Waals surface area contributed by atoms with Gasteiger partial charge in [-0.2, -0.15) is 0 Å². The molecular formula is C13H18ClN3S. The van der Waals surface area contributed by atoms with Crippen LogP contribution in [0.5, 0.6) is 0 Å². The average Bonchev–Trinajstić information content (AvgIpc) is 2.61. The van der Waals surface area contributed by atoms with Crippen molar-refractivity contribution in [1.29, 1.82) is 0 Å². The predicted molar refractivity (Wildman–Crippen MR) is 79.9 cm³/mol. The molecule has 2 rings (SSSR count). The minimum Gasteiger partial charge on any atom is -0.354 e. The first-order chi connectivity index (χ1) is 8.63. The van der Waals surface area contributed by atoms with Crippen LogP contribution in [0.4, 0.5) is 5.95 Å². The number of hydrogen-bond donors (Lipinski definition) is 1. The van der Waals surface area contributed by atoms with E-state index < -0.39 is 0 Å². The Morgan fingerprint density at radius 2 is 2.00 bits per heavy atom. The van der Waals surface area contributed by atoms with Gasteiger partial charge in [-0.15, -0.1) is 11.3 Å². The summed E-state index contributed by atoms with van der Waals surface area (Å²) in [6.07, 6.45) is 3.57. The maximum Gasteiger partial charge on any atom is 0.225 e. The fourth-order valence-electron chi connectivity index (χ4n) is 1.86. The van der Waals surface area contributed by atoms with Crippen molar-refractivity contribution in [2.45, 2.75) is 40.0 Å². The Hall–Kier alpha value is -0.870. The number of unbranched alkanes of at least 4 members (excludes halogenated alkanes) is 2. The van der Waals surface area contributed by atoms with E-state index in [9.17, 15) is 0 Å². The van der Waals surface area contributed by atoms with Crippen molar-refractivity contribution < 1.29 is 0 Å². The van der Waals surface area contributed by atoms with Gasteiger partial charge in [0.2, 0.25) is 5.95 Å². The lowest BCUT2D eigenvalue weighted by atomic mass is 10.2. The summed E-state index contributed by atoms with van der Waals surface area (Å²) in [5.74, 6) is 0.643. The molecule has 18 heavy (non-hydrogen) atoms. The lowest BCUT2D eigenvalue weighted by Gasteiger charge is -2.05. The Bertz CT molecular complexity index is 551. The number of rotatable bonds is 5. The third-order valence-electron chi connectivity index (χ3n) is 3.05. The van der Waals surface area contributed by atoms with Crippen molar-refractivity contribution in [3.8, 4) is 0 Å². The largest absolute Gasteiger partial charge is 0.354 e. The minimum atomic E-state index is 0.555. The lowest BCUT2D eigenvalue weighted by molar-refractivity contribution is 0.741. The van der Waals surface area contributed by atoms with Gasteiger partial charge in [-0.3, -0.25) is 0 Å². The molecule has 0 spiro atoms. The second-order valence-corrected chi connectivity index (χ2v) is 6.00. The molecule has 0 aliphatic heterocycles. The number of aryl methyl sites for hydroxylation is 2. The zero-order valence-corrected chi connectivity index (χ0v) is 12.6. The van der Waals surface area contributed by atoms with E-state index in [1.807, 2.05) is 0 Å². The number of aromatic nitrogens is 2. The quantitative estimate of drug-likeness (QED) is 0.645. The minimum absolute atomic E-state index is 0.555. The number of nitrogens with one attached hydrogen (secondary N) is 1. The van der Waals surface area contributed by atoms with Gasteiger partial charge in [0.05, 0.1) is 5.39 Å². The first-order valence-corrected chi connectivity index (χ1v) is 7.50. The second-order valence-electron chi connectivity index (χ2n) is 4.44. The number of halogens is 1. The molecule has 0 fully saturated rings. The summed E-state index contributed by atoms with van der Waals surface area (Å²) < 4.78 is 0. The number of anilines is 1. The van der Waals surface area contributed by atoms with Gasteiger partial charge in [0.1, 0.15) is 9.98 Å². The highest BCUT2D eigenvalue weighted by Gasteiger charge is 2.12. The van der Waals surface area contributed by atoms with E-state index in [0.29, 0.717) is 11.1 Å². The number of nitrogens with zero attached hydrogens (tertiary/aromatic N) is 2. The van der Waals surface area contributed by atoms with Crippen LogP contribution >= 0.6 is 22.9 Å². The lowest BCUT2D eigenvalue weighted by Crippen LogP contribution is -2.05. The van der Waals surface area contributed by atoms with E-state index in [-0.39, 0.29) is 0 Å². The first kappa shape index (κ1) is 13.6. The molecule has 1 N–H and O–H groups in total. The summed E-state index contributed by atoms with van der Waals surface area (Å²) in [6.45, 7) is 7.25. The van der Waals surface area contributed by atoms with E-state index >= 15 is 0 Å². The van der Waals surface area contributed by atoms with Gasteiger partial charge in [0, 0.05) is 11.4 Å². The highest BCUT2D eigenvalue weighted by molar-refractivity contribution is 7.18. The van der Waals surface area contributed by atoms with Crippen molar-refractivity contribution in [1.82, 2.24) is 9.97 Å². The molecule has 0 unspecified atom stereocenters. The van der Waals surface area contributed by atoms with Crippen LogP contribution in [0, 0.1) is 13.8 Å². The summed E-state index contributed by atoms with van der Waals surface area (Å²) in [6, 6.07) is 0. The normalized spacial score (nSPS) is 11.1. The van der Waals surface area contributed by atoms with Gasteiger partial charge < -0.3 is 5.32 Å². The van der Waals surface area contributed by atoms with Crippen LogP contribution in [0.2, 0.25) is 5.15 Å². The number of thiophene rings is 1. The Labute approximate surface area is 117 Å². The SMILES string of the molecule is CCCCCNc1nc(Cl)c2c(C)c(C)sc2n1. The summed E-state index contributed by atoms with van der Waals surface area (Å²) >= 11 is 7.91. The molecule has 2 heterocycles. The fraction of sp³-hybridized carbons (Fsp3) is 0.538. The Kier molecular flexibility index (Phi) is 4.40. The van der Waals surface area contributed by atoms with Crippen LogP contribution < -0.4 is 5.32 Å². The molecule has 0 aliphatic carbocycles. The third-order valence-corrected chi connectivity index (χ3v) is 4.42. The van der Waals surface area contributed by atoms with Crippen LogP contribution in [0.1, 0.15) is 36.6 Å². The molecule has 2 aromatic heterocycles. The highest BCUT2D eigenvalue weighted by atomic mass is 35.5.